The number of carbonyl (C=O) groups is 2. The average Bonchev–Trinajstić information content (AvgIpc) is 3.35. The minimum absolute atomic E-state index is 0.178. The number of carbonyl (C=O) groups excluding carboxylic acids is 2. The number of nitrogens with two attached hydrogens (primary N) is 1. The van der Waals surface area contributed by atoms with Gasteiger partial charge in [-0.2, -0.15) is 4.98 Å². The van der Waals surface area contributed by atoms with Gasteiger partial charge in [-0.15, -0.1) is 0 Å². The molecule has 1 aromatic heterocycles. The number of fused-ring (bicyclic) bond motifs is 1. The topological polar surface area (TPSA) is 122 Å². The number of hydrogen-bond donors (Lipinski definition) is 3. The summed E-state index contributed by atoms with van der Waals surface area (Å²) in [6.45, 7) is 6.18. The van der Waals surface area contributed by atoms with E-state index in [-0.39, 0.29) is 6.04 Å². The molecule has 2 heterocycles. The van der Waals surface area contributed by atoms with Crippen molar-refractivity contribution < 1.29 is 14.3 Å². The number of benzene rings is 2. The number of amides is 2. The summed E-state index contributed by atoms with van der Waals surface area (Å²) in [5.41, 5.74) is 7.16. The molecule has 4 rings (SSSR count). The summed E-state index contributed by atoms with van der Waals surface area (Å²) < 4.78 is 5.39. The Morgan fingerprint density at radius 1 is 1.14 bits per heavy atom. The lowest BCUT2D eigenvalue weighted by molar-refractivity contribution is -0.137. The minimum atomic E-state index is -0.980. The highest BCUT2D eigenvalue weighted by Gasteiger charge is 2.27. The highest BCUT2D eigenvalue weighted by molar-refractivity contribution is 6.34. The Kier molecular flexibility index (Phi) is 9.85. The molecular weight excluding hydrogens is 456 g/mol. The fraction of sp³-hybridized carbons (Fsp3) is 0.407. The van der Waals surface area contributed by atoms with Crippen molar-refractivity contribution in [1.82, 2.24) is 15.3 Å². The molecule has 0 bridgehead atoms. The van der Waals surface area contributed by atoms with Crippen LogP contribution in [0.3, 0.4) is 0 Å². The van der Waals surface area contributed by atoms with Gasteiger partial charge in [0.2, 0.25) is 5.95 Å². The van der Waals surface area contributed by atoms with Gasteiger partial charge < -0.3 is 26.0 Å². The van der Waals surface area contributed by atoms with Gasteiger partial charge in [0.25, 0.3) is 0 Å². The molecule has 0 radical (unpaired) electrons. The second kappa shape index (κ2) is 13.3. The maximum Gasteiger partial charge on any atom is 0.309 e. The lowest BCUT2D eigenvalue weighted by atomic mass is 10.1. The number of nitrogens with zero attached hydrogens (tertiary/aromatic N) is 3. The van der Waals surface area contributed by atoms with E-state index < -0.39 is 11.8 Å². The Balaban J connectivity index is 0.00000115. The lowest BCUT2D eigenvalue weighted by Gasteiger charge is -2.19. The zero-order chi connectivity index (χ0) is 25.9. The first-order valence-electron chi connectivity index (χ1n) is 12.4. The molecule has 9 nitrogen and oxygen atoms in total. The third-order valence-corrected chi connectivity index (χ3v) is 5.70. The minimum Gasteiger partial charge on any atom is -0.497 e. The summed E-state index contributed by atoms with van der Waals surface area (Å²) in [5, 5.41) is 7.01. The van der Waals surface area contributed by atoms with E-state index >= 15 is 0 Å². The second-order valence-electron chi connectivity index (χ2n) is 8.75. The van der Waals surface area contributed by atoms with Crippen molar-refractivity contribution in [3.8, 4) is 5.75 Å². The van der Waals surface area contributed by atoms with Gasteiger partial charge in [0.15, 0.2) is 0 Å². The molecule has 1 aliphatic rings. The molecule has 1 atom stereocenters. The van der Waals surface area contributed by atoms with Crippen molar-refractivity contribution in [3.05, 3.63) is 54.1 Å². The van der Waals surface area contributed by atoms with Gasteiger partial charge in [0, 0.05) is 31.1 Å². The number of aromatic nitrogens is 2. The van der Waals surface area contributed by atoms with Crippen molar-refractivity contribution in [2.45, 2.75) is 45.6 Å². The summed E-state index contributed by atoms with van der Waals surface area (Å²) in [5.74, 6) is 0.308. The number of methoxy groups -OCH3 is 1. The predicted molar refractivity (Wildman–Crippen MR) is 143 cm³/mol. The number of rotatable bonds is 8. The Bertz CT molecular complexity index is 1150. The van der Waals surface area contributed by atoms with Gasteiger partial charge in [-0.05, 0) is 43.0 Å². The van der Waals surface area contributed by atoms with Crippen LogP contribution in [-0.4, -0.2) is 54.6 Å². The first-order chi connectivity index (χ1) is 17.4. The normalized spacial score (nSPS) is 14.6. The summed E-state index contributed by atoms with van der Waals surface area (Å²) in [4.78, 5) is 34.2. The second-order valence-corrected chi connectivity index (χ2v) is 8.75. The first kappa shape index (κ1) is 26.7. The third kappa shape index (κ3) is 7.31. The SMILES string of the molecule is CCC.COc1ccc2nc(N3CCC(NC(=O)C(N)=O)C3)nc(NCCCc3ccccc3)c2c1. The molecule has 4 N–H and O–H groups in total. The van der Waals surface area contributed by atoms with Crippen LogP contribution in [0.5, 0.6) is 5.75 Å². The number of aryl methyl sites for hydroxylation is 1. The van der Waals surface area contributed by atoms with E-state index in [1.165, 1.54) is 12.0 Å². The van der Waals surface area contributed by atoms with E-state index in [1.54, 1.807) is 7.11 Å². The van der Waals surface area contributed by atoms with Gasteiger partial charge in [-0.3, -0.25) is 9.59 Å². The van der Waals surface area contributed by atoms with Crippen LogP contribution in [0, 0.1) is 0 Å². The van der Waals surface area contributed by atoms with Crippen molar-refractivity contribution in [2.75, 3.05) is 37.0 Å². The van der Waals surface area contributed by atoms with Crippen LogP contribution in [0.25, 0.3) is 10.9 Å². The highest BCUT2D eigenvalue weighted by Crippen LogP contribution is 2.28. The maximum absolute atomic E-state index is 11.6. The highest BCUT2D eigenvalue weighted by atomic mass is 16.5. The standard InChI is InChI=1S/C24H28N6O3.C3H8/c1-33-18-9-10-20-19(14-18)22(26-12-5-8-16-6-3-2-4-7-16)29-24(28-20)30-13-11-17(15-30)27-23(32)21(25)31;1-3-2/h2-4,6-7,9-10,14,17H,5,8,11-13,15H2,1H3,(H2,25,31)(H,27,32)(H,26,28,29);3H2,1-2H3. The zero-order valence-corrected chi connectivity index (χ0v) is 21.3. The van der Waals surface area contributed by atoms with Crippen molar-refractivity contribution in [2.24, 2.45) is 5.73 Å². The zero-order valence-electron chi connectivity index (χ0n) is 21.3. The Labute approximate surface area is 212 Å². The number of ether oxygens (including phenoxy) is 1. The number of nitrogens with one attached hydrogen (secondary N) is 2. The summed E-state index contributed by atoms with van der Waals surface area (Å²) >= 11 is 0. The molecule has 2 aromatic carbocycles. The van der Waals surface area contributed by atoms with E-state index in [4.69, 9.17) is 20.4 Å². The van der Waals surface area contributed by atoms with E-state index in [0.717, 1.165) is 41.9 Å². The van der Waals surface area contributed by atoms with Crippen LogP contribution in [0.15, 0.2) is 48.5 Å². The fourth-order valence-corrected chi connectivity index (χ4v) is 3.96. The average molecular weight is 493 g/mol. The quantitative estimate of drug-likeness (QED) is 0.326. The summed E-state index contributed by atoms with van der Waals surface area (Å²) in [6, 6.07) is 15.9. The molecule has 9 heteroatoms. The lowest BCUT2D eigenvalue weighted by Crippen LogP contribution is -2.43. The van der Waals surface area contributed by atoms with Gasteiger partial charge in [-0.1, -0.05) is 50.6 Å². The van der Waals surface area contributed by atoms with E-state index in [2.05, 4.69) is 48.7 Å². The van der Waals surface area contributed by atoms with Gasteiger partial charge >= 0.3 is 11.8 Å². The summed E-state index contributed by atoms with van der Waals surface area (Å²) in [6.07, 6.45) is 3.86. The number of primary amides is 1. The number of anilines is 2. The van der Waals surface area contributed by atoms with Crippen molar-refractivity contribution in [1.29, 1.82) is 0 Å². The third-order valence-electron chi connectivity index (χ3n) is 5.70. The van der Waals surface area contributed by atoms with E-state index in [0.29, 0.717) is 25.5 Å². The van der Waals surface area contributed by atoms with Crippen LogP contribution in [0.4, 0.5) is 11.8 Å². The molecule has 0 aliphatic carbocycles. The molecule has 0 spiro atoms. The predicted octanol–water partition coefficient (Wildman–Crippen LogP) is 3.28. The number of hydrogen-bond acceptors (Lipinski definition) is 7. The van der Waals surface area contributed by atoms with Gasteiger partial charge in [0.05, 0.1) is 12.6 Å². The molecule has 1 fully saturated rings. The van der Waals surface area contributed by atoms with Crippen molar-refractivity contribution in [3.63, 3.8) is 0 Å². The Morgan fingerprint density at radius 3 is 2.58 bits per heavy atom. The first-order valence-corrected chi connectivity index (χ1v) is 12.4. The molecule has 0 saturated carbocycles. The molecule has 1 unspecified atom stereocenters. The van der Waals surface area contributed by atoms with Crippen LogP contribution < -0.4 is 26.0 Å². The monoisotopic (exact) mass is 492 g/mol. The smallest absolute Gasteiger partial charge is 0.309 e. The van der Waals surface area contributed by atoms with Crippen LogP contribution >= 0.6 is 0 Å². The molecule has 2 amide bonds. The molecule has 3 aromatic rings. The van der Waals surface area contributed by atoms with E-state index in [1.807, 2.05) is 29.2 Å². The molecule has 36 heavy (non-hydrogen) atoms. The maximum atomic E-state index is 11.6. The van der Waals surface area contributed by atoms with Gasteiger partial charge in [0.1, 0.15) is 11.6 Å². The Hall–Kier alpha value is -3.88. The fourth-order valence-electron chi connectivity index (χ4n) is 3.96. The molecule has 1 saturated heterocycles. The molecule has 192 valence electrons. The van der Waals surface area contributed by atoms with Gasteiger partial charge in [-0.25, -0.2) is 4.98 Å². The Morgan fingerprint density at radius 2 is 1.89 bits per heavy atom. The molecule has 1 aliphatic heterocycles. The largest absolute Gasteiger partial charge is 0.497 e. The molecular formula is C27H36N6O3. The van der Waals surface area contributed by atoms with Crippen LogP contribution in [0.1, 0.15) is 38.7 Å². The van der Waals surface area contributed by atoms with Crippen molar-refractivity contribution >= 4 is 34.5 Å². The van der Waals surface area contributed by atoms with Crippen LogP contribution in [0.2, 0.25) is 0 Å². The van der Waals surface area contributed by atoms with E-state index in [9.17, 15) is 9.59 Å². The van der Waals surface area contributed by atoms with Crippen LogP contribution in [-0.2, 0) is 16.0 Å². The summed E-state index contributed by atoms with van der Waals surface area (Å²) in [7, 11) is 1.63.